The number of allylic oxidation sites excluding steroid dienone is 1. The number of amides is 1. The molecule has 1 unspecified atom stereocenters. The van der Waals surface area contributed by atoms with Crippen molar-refractivity contribution in [2.24, 2.45) is 0 Å². The van der Waals surface area contributed by atoms with Crippen LogP contribution in [0.25, 0.3) is 0 Å². The molecule has 0 aromatic heterocycles. The molecule has 1 atom stereocenters. The Bertz CT molecular complexity index is 537. The highest BCUT2D eigenvalue weighted by Gasteiger charge is 2.21. The van der Waals surface area contributed by atoms with Crippen molar-refractivity contribution in [2.75, 3.05) is 0 Å². The SMILES string of the molecule is CCCCC1=C(C(=O)NS(=O)Cc2ccccc2)CCC1. The van der Waals surface area contributed by atoms with E-state index in [0.29, 0.717) is 5.75 Å². The van der Waals surface area contributed by atoms with Gasteiger partial charge in [-0.3, -0.25) is 9.52 Å². The van der Waals surface area contributed by atoms with Gasteiger partial charge in [0.05, 0.1) is 5.75 Å². The van der Waals surface area contributed by atoms with E-state index in [4.69, 9.17) is 0 Å². The van der Waals surface area contributed by atoms with Crippen LogP contribution in [-0.2, 0) is 21.5 Å². The Kier molecular flexibility index (Phi) is 6.18. The zero-order valence-electron chi connectivity index (χ0n) is 12.6. The number of hydrogen-bond donors (Lipinski definition) is 1. The van der Waals surface area contributed by atoms with Crippen LogP contribution >= 0.6 is 0 Å². The predicted molar refractivity (Wildman–Crippen MR) is 86.8 cm³/mol. The summed E-state index contributed by atoms with van der Waals surface area (Å²) in [4.78, 5) is 12.3. The first-order valence-corrected chi connectivity index (χ1v) is 8.96. The number of hydrogen-bond acceptors (Lipinski definition) is 2. The van der Waals surface area contributed by atoms with Crippen LogP contribution < -0.4 is 4.72 Å². The summed E-state index contributed by atoms with van der Waals surface area (Å²) < 4.78 is 14.7. The van der Waals surface area contributed by atoms with Crippen molar-refractivity contribution < 1.29 is 9.00 Å². The third kappa shape index (κ3) is 4.81. The molecule has 4 heteroatoms. The Morgan fingerprint density at radius 2 is 2.00 bits per heavy atom. The normalized spacial score (nSPS) is 16.0. The maximum Gasteiger partial charge on any atom is 0.258 e. The van der Waals surface area contributed by atoms with Gasteiger partial charge in [-0.05, 0) is 37.7 Å². The summed E-state index contributed by atoms with van der Waals surface area (Å²) in [6, 6.07) is 9.60. The molecule has 1 aliphatic rings. The number of rotatable bonds is 7. The van der Waals surface area contributed by atoms with Gasteiger partial charge in [-0.2, -0.15) is 0 Å². The van der Waals surface area contributed by atoms with Crippen LogP contribution in [-0.4, -0.2) is 10.1 Å². The highest BCUT2D eigenvalue weighted by molar-refractivity contribution is 7.82. The van der Waals surface area contributed by atoms with Crippen molar-refractivity contribution in [1.29, 1.82) is 0 Å². The topological polar surface area (TPSA) is 46.2 Å². The highest BCUT2D eigenvalue weighted by Crippen LogP contribution is 2.29. The van der Waals surface area contributed by atoms with E-state index >= 15 is 0 Å². The summed E-state index contributed by atoms with van der Waals surface area (Å²) in [7, 11) is -1.35. The smallest absolute Gasteiger partial charge is 0.258 e. The summed E-state index contributed by atoms with van der Waals surface area (Å²) in [6.45, 7) is 2.16. The fourth-order valence-electron chi connectivity index (χ4n) is 2.67. The predicted octanol–water partition coefficient (Wildman–Crippen LogP) is 3.64. The Balaban J connectivity index is 1.92. The van der Waals surface area contributed by atoms with Gasteiger partial charge in [-0.25, -0.2) is 4.21 Å². The lowest BCUT2D eigenvalue weighted by atomic mass is 10.0. The minimum atomic E-state index is -1.35. The van der Waals surface area contributed by atoms with Crippen LogP contribution in [0, 0.1) is 0 Å². The molecule has 0 spiro atoms. The first-order chi connectivity index (χ1) is 10.2. The lowest BCUT2D eigenvalue weighted by Crippen LogP contribution is -2.28. The van der Waals surface area contributed by atoms with E-state index in [9.17, 15) is 9.00 Å². The Morgan fingerprint density at radius 1 is 1.24 bits per heavy atom. The second kappa shape index (κ2) is 8.13. The molecule has 0 heterocycles. The Morgan fingerprint density at radius 3 is 2.71 bits per heavy atom. The maximum absolute atomic E-state index is 12.3. The van der Waals surface area contributed by atoms with Gasteiger partial charge in [0.2, 0.25) is 0 Å². The van der Waals surface area contributed by atoms with Gasteiger partial charge in [0.25, 0.3) is 5.91 Å². The van der Waals surface area contributed by atoms with Crippen LogP contribution in [0.3, 0.4) is 0 Å². The minimum absolute atomic E-state index is 0.132. The minimum Gasteiger partial charge on any atom is -0.271 e. The number of nitrogens with one attached hydrogen (secondary N) is 1. The van der Waals surface area contributed by atoms with Gasteiger partial charge in [-0.15, -0.1) is 0 Å². The molecular formula is C17H23NO2S. The summed E-state index contributed by atoms with van der Waals surface area (Å²) in [5.41, 5.74) is 3.12. The fourth-order valence-corrected chi connectivity index (χ4v) is 3.57. The molecule has 21 heavy (non-hydrogen) atoms. The summed E-state index contributed by atoms with van der Waals surface area (Å²) in [6.07, 6.45) is 6.16. The van der Waals surface area contributed by atoms with Crippen molar-refractivity contribution in [1.82, 2.24) is 4.72 Å². The molecule has 0 saturated heterocycles. The molecule has 114 valence electrons. The van der Waals surface area contributed by atoms with E-state index in [2.05, 4.69) is 11.6 Å². The average molecular weight is 305 g/mol. The fraction of sp³-hybridized carbons (Fsp3) is 0.471. The van der Waals surface area contributed by atoms with Gasteiger partial charge in [0.1, 0.15) is 11.0 Å². The Labute approximate surface area is 129 Å². The quantitative estimate of drug-likeness (QED) is 0.836. The lowest BCUT2D eigenvalue weighted by Gasteiger charge is -2.08. The molecular weight excluding hydrogens is 282 g/mol. The van der Waals surface area contributed by atoms with E-state index in [1.807, 2.05) is 30.3 Å². The number of unbranched alkanes of at least 4 members (excludes halogenated alkanes) is 1. The van der Waals surface area contributed by atoms with Crippen LogP contribution in [0.4, 0.5) is 0 Å². The second-order valence-corrected chi connectivity index (χ2v) is 6.63. The molecule has 1 aromatic carbocycles. The standard InChI is InChI=1S/C17H23NO2S/c1-2-3-10-15-11-7-12-16(15)17(19)18-21(20)13-14-8-5-4-6-9-14/h4-6,8-9H,2-3,7,10-13H2,1H3,(H,18,19). The van der Waals surface area contributed by atoms with E-state index in [-0.39, 0.29) is 5.91 Å². The summed E-state index contributed by atoms with van der Waals surface area (Å²) in [5.74, 6) is 0.234. The third-order valence-electron chi connectivity index (χ3n) is 3.79. The first kappa shape index (κ1) is 16.0. The van der Waals surface area contributed by atoms with Gasteiger partial charge >= 0.3 is 0 Å². The third-order valence-corrected chi connectivity index (χ3v) is 4.79. The van der Waals surface area contributed by atoms with Crippen LogP contribution in [0.15, 0.2) is 41.5 Å². The average Bonchev–Trinajstić information content (AvgIpc) is 2.94. The van der Waals surface area contributed by atoms with E-state index in [1.54, 1.807) is 0 Å². The number of carbonyl (C=O) groups excluding carboxylic acids is 1. The largest absolute Gasteiger partial charge is 0.271 e. The zero-order chi connectivity index (χ0) is 15.1. The monoisotopic (exact) mass is 305 g/mol. The van der Waals surface area contributed by atoms with Gasteiger partial charge < -0.3 is 0 Å². The van der Waals surface area contributed by atoms with E-state index in [0.717, 1.165) is 49.7 Å². The lowest BCUT2D eigenvalue weighted by molar-refractivity contribution is -0.115. The van der Waals surface area contributed by atoms with Crippen LogP contribution in [0.1, 0.15) is 51.0 Å². The molecule has 3 nitrogen and oxygen atoms in total. The molecule has 0 bridgehead atoms. The zero-order valence-corrected chi connectivity index (χ0v) is 13.4. The molecule has 0 radical (unpaired) electrons. The molecule has 0 aliphatic heterocycles. The van der Waals surface area contributed by atoms with Crippen molar-refractivity contribution >= 4 is 16.9 Å². The van der Waals surface area contributed by atoms with Gasteiger partial charge in [0.15, 0.2) is 0 Å². The molecule has 1 amide bonds. The van der Waals surface area contributed by atoms with Crippen molar-refractivity contribution in [3.05, 3.63) is 47.0 Å². The van der Waals surface area contributed by atoms with E-state index < -0.39 is 11.0 Å². The maximum atomic E-state index is 12.3. The molecule has 0 fully saturated rings. The Hall–Kier alpha value is -1.42. The number of carbonyl (C=O) groups is 1. The van der Waals surface area contributed by atoms with Gasteiger partial charge in [-0.1, -0.05) is 49.2 Å². The highest BCUT2D eigenvalue weighted by atomic mass is 32.2. The van der Waals surface area contributed by atoms with Crippen LogP contribution in [0.5, 0.6) is 0 Å². The van der Waals surface area contributed by atoms with Crippen molar-refractivity contribution in [2.45, 2.75) is 51.2 Å². The van der Waals surface area contributed by atoms with Gasteiger partial charge in [0, 0.05) is 5.57 Å². The molecule has 0 saturated carbocycles. The summed E-state index contributed by atoms with van der Waals surface area (Å²) in [5, 5.41) is 0. The molecule has 2 rings (SSSR count). The number of benzene rings is 1. The van der Waals surface area contributed by atoms with E-state index in [1.165, 1.54) is 5.57 Å². The first-order valence-electron chi connectivity index (χ1n) is 7.65. The molecule has 1 aromatic rings. The molecule has 1 N–H and O–H groups in total. The second-order valence-electron chi connectivity index (χ2n) is 5.45. The van der Waals surface area contributed by atoms with Crippen molar-refractivity contribution in [3.63, 3.8) is 0 Å². The molecule has 1 aliphatic carbocycles. The van der Waals surface area contributed by atoms with Crippen LogP contribution in [0.2, 0.25) is 0 Å². The van der Waals surface area contributed by atoms with Crippen molar-refractivity contribution in [3.8, 4) is 0 Å². The summed E-state index contributed by atoms with van der Waals surface area (Å²) >= 11 is 0.